The summed E-state index contributed by atoms with van der Waals surface area (Å²) in [5, 5.41) is 4.73. The third-order valence-electron chi connectivity index (χ3n) is 4.70. The number of anilines is 2. The molecule has 28 heavy (non-hydrogen) atoms. The second kappa shape index (κ2) is 7.81. The quantitative estimate of drug-likeness (QED) is 0.629. The summed E-state index contributed by atoms with van der Waals surface area (Å²) in [7, 11) is 0. The Bertz CT molecular complexity index is 1030. The first-order valence-electron chi connectivity index (χ1n) is 8.99. The Morgan fingerprint density at radius 2 is 1.93 bits per heavy atom. The number of para-hydroxylation sites is 1. The predicted molar refractivity (Wildman–Crippen MR) is 117 cm³/mol. The number of thioether (sulfide) groups is 1. The Morgan fingerprint density at radius 3 is 2.68 bits per heavy atom. The fourth-order valence-corrected chi connectivity index (χ4v) is 5.23. The number of carbonyl (C=O) groups excluding carboxylic acids is 2. The minimum absolute atomic E-state index is 0.0846. The molecule has 0 spiro atoms. The first kappa shape index (κ1) is 18.8. The lowest BCUT2D eigenvalue weighted by molar-refractivity contribution is -0.115. The first-order chi connectivity index (χ1) is 13.5. The summed E-state index contributed by atoms with van der Waals surface area (Å²) in [6.07, 6.45) is 0. The molecule has 0 bridgehead atoms. The van der Waals surface area contributed by atoms with Gasteiger partial charge in [-0.1, -0.05) is 42.0 Å². The van der Waals surface area contributed by atoms with Crippen LogP contribution in [-0.2, 0) is 4.79 Å². The van der Waals surface area contributed by atoms with Crippen molar-refractivity contribution in [3.8, 4) is 0 Å². The minimum Gasteiger partial charge on any atom is -0.321 e. The monoisotopic (exact) mass is 408 g/mol. The minimum atomic E-state index is -0.172. The van der Waals surface area contributed by atoms with Gasteiger partial charge in [0, 0.05) is 16.9 Å². The molecule has 0 unspecified atom stereocenters. The highest BCUT2D eigenvalue weighted by molar-refractivity contribution is 8.00. The molecule has 1 aromatic heterocycles. The summed E-state index contributed by atoms with van der Waals surface area (Å²) in [6.45, 7) is 4.07. The molecule has 4 nitrogen and oxygen atoms in total. The average Bonchev–Trinajstić information content (AvgIpc) is 3.33. The van der Waals surface area contributed by atoms with E-state index in [2.05, 4.69) is 11.4 Å². The highest BCUT2D eigenvalue weighted by Gasteiger charge is 2.36. The number of benzene rings is 2. The van der Waals surface area contributed by atoms with E-state index >= 15 is 0 Å². The Morgan fingerprint density at radius 1 is 1.11 bits per heavy atom. The summed E-state index contributed by atoms with van der Waals surface area (Å²) in [5.74, 6) is 0.377. The van der Waals surface area contributed by atoms with Crippen LogP contribution >= 0.6 is 23.1 Å². The van der Waals surface area contributed by atoms with E-state index in [0.29, 0.717) is 10.6 Å². The highest BCUT2D eigenvalue weighted by Crippen LogP contribution is 2.45. The number of aryl methyl sites for hydroxylation is 2. The normalized spacial score (nSPS) is 16.4. The van der Waals surface area contributed by atoms with Crippen molar-refractivity contribution < 1.29 is 9.59 Å². The number of hydrogen-bond acceptors (Lipinski definition) is 4. The van der Waals surface area contributed by atoms with Gasteiger partial charge in [0.25, 0.3) is 5.91 Å². The van der Waals surface area contributed by atoms with E-state index in [1.54, 1.807) is 17.8 Å². The Hall–Kier alpha value is -2.57. The third kappa shape index (κ3) is 3.57. The van der Waals surface area contributed by atoms with E-state index in [9.17, 15) is 9.59 Å². The highest BCUT2D eigenvalue weighted by atomic mass is 32.2. The zero-order valence-electron chi connectivity index (χ0n) is 15.6. The molecule has 1 aliphatic heterocycles. The van der Waals surface area contributed by atoms with Crippen LogP contribution in [0.5, 0.6) is 0 Å². The lowest BCUT2D eigenvalue weighted by atomic mass is 10.1. The number of rotatable bonds is 4. The van der Waals surface area contributed by atoms with Crippen molar-refractivity contribution in [1.82, 2.24) is 0 Å². The van der Waals surface area contributed by atoms with E-state index in [4.69, 9.17) is 0 Å². The average molecular weight is 409 g/mol. The summed E-state index contributed by atoms with van der Waals surface area (Å²) >= 11 is 2.99. The second-order valence-electron chi connectivity index (χ2n) is 6.74. The van der Waals surface area contributed by atoms with E-state index in [1.165, 1.54) is 16.9 Å². The maximum absolute atomic E-state index is 12.7. The molecule has 1 fully saturated rings. The molecule has 1 N–H and O–H groups in total. The summed E-state index contributed by atoms with van der Waals surface area (Å²) in [6, 6.07) is 17.5. The Balaban J connectivity index is 1.70. The van der Waals surface area contributed by atoms with Crippen LogP contribution in [0.25, 0.3) is 0 Å². The van der Waals surface area contributed by atoms with Crippen LogP contribution in [0.1, 0.15) is 31.7 Å². The molecule has 142 valence electrons. The van der Waals surface area contributed by atoms with Gasteiger partial charge in [-0.15, -0.1) is 23.1 Å². The van der Waals surface area contributed by atoms with Gasteiger partial charge < -0.3 is 5.32 Å². The van der Waals surface area contributed by atoms with Crippen LogP contribution in [-0.4, -0.2) is 17.6 Å². The zero-order valence-corrected chi connectivity index (χ0v) is 17.3. The van der Waals surface area contributed by atoms with Crippen LogP contribution < -0.4 is 10.2 Å². The maximum atomic E-state index is 12.7. The molecular weight excluding hydrogens is 388 g/mol. The number of amides is 2. The molecule has 1 aliphatic rings. The number of nitrogens with zero attached hydrogens (tertiary/aromatic N) is 1. The molecule has 2 heterocycles. The largest absolute Gasteiger partial charge is 0.321 e. The molecule has 0 saturated carbocycles. The molecule has 6 heteroatoms. The van der Waals surface area contributed by atoms with Crippen molar-refractivity contribution in [2.24, 2.45) is 0 Å². The lowest BCUT2D eigenvalue weighted by Crippen LogP contribution is -2.29. The molecular formula is C22H20N2O2S2. The van der Waals surface area contributed by atoms with Gasteiger partial charge in [0.15, 0.2) is 0 Å². The summed E-state index contributed by atoms with van der Waals surface area (Å²) in [5.41, 5.74) is 4.83. The van der Waals surface area contributed by atoms with Crippen molar-refractivity contribution in [2.45, 2.75) is 19.2 Å². The maximum Gasteiger partial charge on any atom is 0.265 e. The van der Waals surface area contributed by atoms with Gasteiger partial charge in [-0.2, -0.15) is 0 Å². The molecule has 4 rings (SSSR count). The smallest absolute Gasteiger partial charge is 0.265 e. The van der Waals surface area contributed by atoms with Gasteiger partial charge in [0.05, 0.1) is 10.6 Å². The van der Waals surface area contributed by atoms with Gasteiger partial charge in [0.2, 0.25) is 5.91 Å². The topological polar surface area (TPSA) is 49.4 Å². The molecule has 1 saturated heterocycles. The SMILES string of the molecule is Cc1ccc(N2C(=O)CS[C@@H]2c2ccccc2NC(=O)c2cccs2)c(C)c1. The first-order valence-corrected chi connectivity index (χ1v) is 10.9. The third-order valence-corrected chi connectivity index (χ3v) is 6.76. The van der Waals surface area contributed by atoms with E-state index in [-0.39, 0.29) is 17.2 Å². The molecule has 0 aliphatic carbocycles. The molecule has 2 amide bonds. The Labute approximate surface area is 172 Å². The van der Waals surface area contributed by atoms with Crippen LogP contribution in [0.2, 0.25) is 0 Å². The van der Waals surface area contributed by atoms with Crippen LogP contribution in [0, 0.1) is 13.8 Å². The Kier molecular flexibility index (Phi) is 5.24. The molecule has 1 atom stereocenters. The van der Waals surface area contributed by atoms with Gasteiger partial charge >= 0.3 is 0 Å². The summed E-state index contributed by atoms with van der Waals surface area (Å²) < 4.78 is 0. The van der Waals surface area contributed by atoms with Crippen LogP contribution in [0.3, 0.4) is 0 Å². The fraction of sp³-hybridized carbons (Fsp3) is 0.182. The number of hydrogen-bond donors (Lipinski definition) is 1. The van der Waals surface area contributed by atoms with E-state index < -0.39 is 0 Å². The van der Waals surface area contributed by atoms with Crippen molar-refractivity contribution in [2.75, 3.05) is 16.0 Å². The summed E-state index contributed by atoms with van der Waals surface area (Å²) in [4.78, 5) is 27.8. The van der Waals surface area contributed by atoms with E-state index in [1.807, 2.05) is 66.6 Å². The molecule has 2 aromatic carbocycles. The van der Waals surface area contributed by atoms with E-state index in [0.717, 1.165) is 22.5 Å². The van der Waals surface area contributed by atoms with Gasteiger partial charge in [-0.05, 0) is 43.0 Å². The van der Waals surface area contributed by atoms with Crippen molar-refractivity contribution in [1.29, 1.82) is 0 Å². The lowest BCUT2D eigenvalue weighted by Gasteiger charge is -2.27. The van der Waals surface area contributed by atoms with Crippen LogP contribution in [0.15, 0.2) is 60.0 Å². The van der Waals surface area contributed by atoms with Crippen molar-refractivity contribution in [3.05, 3.63) is 81.5 Å². The van der Waals surface area contributed by atoms with Crippen molar-refractivity contribution >= 4 is 46.3 Å². The predicted octanol–water partition coefficient (Wildman–Crippen LogP) is 5.40. The molecule has 0 radical (unpaired) electrons. The second-order valence-corrected chi connectivity index (χ2v) is 8.75. The van der Waals surface area contributed by atoms with Gasteiger partial charge in [-0.3, -0.25) is 14.5 Å². The standard InChI is InChI=1S/C22H20N2O2S2/c1-14-9-10-18(15(2)12-14)24-20(25)13-28-22(24)16-6-3-4-7-17(16)23-21(26)19-8-5-11-27-19/h3-12,22H,13H2,1-2H3,(H,23,26)/t22-/m1/s1. The fourth-order valence-electron chi connectivity index (χ4n) is 3.41. The van der Waals surface area contributed by atoms with Gasteiger partial charge in [-0.25, -0.2) is 0 Å². The number of thiophene rings is 1. The van der Waals surface area contributed by atoms with Gasteiger partial charge in [0.1, 0.15) is 5.37 Å². The zero-order chi connectivity index (χ0) is 19.7. The number of carbonyl (C=O) groups is 2. The molecule has 3 aromatic rings. The van der Waals surface area contributed by atoms with Crippen LogP contribution in [0.4, 0.5) is 11.4 Å². The number of nitrogens with one attached hydrogen (secondary N) is 1. The van der Waals surface area contributed by atoms with Crippen molar-refractivity contribution in [3.63, 3.8) is 0 Å².